The number of aryl methyl sites for hydroxylation is 1. The highest BCUT2D eigenvalue weighted by Gasteiger charge is 2.26. The number of rotatable bonds is 3. The quantitative estimate of drug-likeness (QED) is 0.329. The molecule has 1 rings (SSSR count). The fraction of sp³-hybridized carbons (Fsp3) is 0.333. The van der Waals surface area contributed by atoms with Gasteiger partial charge in [-0.2, -0.15) is 0 Å². The predicted octanol–water partition coefficient (Wildman–Crippen LogP) is 1.39. The maximum Gasteiger partial charge on any atom is 0.252 e. The van der Waals surface area contributed by atoms with Gasteiger partial charge in [0.05, 0.1) is 5.54 Å². The van der Waals surface area contributed by atoms with E-state index in [1.807, 2.05) is 0 Å². The molecule has 1 aromatic rings. The van der Waals surface area contributed by atoms with E-state index in [4.69, 9.17) is 10.9 Å². The Bertz CT molecular complexity index is 478. The largest absolute Gasteiger partial charge is 0.409 e. The lowest BCUT2D eigenvalue weighted by atomic mass is 10.0. The van der Waals surface area contributed by atoms with Crippen LogP contribution < -0.4 is 11.1 Å². The van der Waals surface area contributed by atoms with Crippen LogP contribution in [0.1, 0.15) is 29.8 Å². The number of amidine groups is 1. The van der Waals surface area contributed by atoms with Gasteiger partial charge < -0.3 is 16.3 Å². The van der Waals surface area contributed by atoms with Gasteiger partial charge in [-0.05, 0) is 44.5 Å². The van der Waals surface area contributed by atoms with Crippen LogP contribution in [0.4, 0.5) is 4.39 Å². The van der Waals surface area contributed by atoms with Crippen molar-refractivity contribution in [1.82, 2.24) is 5.32 Å². The van der Waals surface area contributed by atoms with E-state index < -0.39 is 17.3 Å². The molecule has 0 aliphatic carbocycles. The fourth-order valence-corrected chi connectivity index (χ4v) is 1.41. The van der Waals surface area contributed by atoms with Gasteiger partial charge in [0.15, 0.2) is 5.84 Å². The SMILES string of the molecule is Cc1cc(F)cc(C(=O)NC(C)(C)/C(N)=N/O)c1. The highest BCUT2D eigenvalue weighted by molar-refractivity contribution is 5.99. The van der Waals surface area contributed by atoms with Crippen LogP contribution in [-0.2, 0) is 0 Å². The average molecular weight is 253 g/mol. The van der Waals surface area contributed by atoms with Crippen LogP contribution in [0.15, 0.2) is 23.4 Å². The first kappa shape index (κ1) is 14.0. The molecule has 4 N–H and O–H groups in total. The molecule has 0 aromatic heterocycles. The Hall–Kier alpha value is -2.11. The van der Waals surface area contributed by atoms with Crippen LogP contribution in [0.2, 0.25) is 0 Å². The van der Waals surface area contributed by atoms with E-state index in [2.05, 4.69) is 10.5 Å². The number of nitrogens with zero attached hydrogens (tertiary/aromatic N) is 1. The summed E-state index contributed by atoms with van der Waals surface area (Å²) in [7, 11) is 0. The molecule has 0 bridgehead atoms. The molecular formula is C12H16FN3O2. The molecule has 0 heterocycles. The molecule has 1 aromatic carbocycles. The molecule has 98 valence electrons. The number of oxime groups is 1. The summed E-state index contributed by atoms with van der Waals surface area (Å²) < 4.78 is 13.2. The number of hydrogen-bond donors (Lipinski definition) is 3. The van der Waals surface area contributed by atoms with Crippen LogP contribution in [0.25, 0.3) is 0 Å². The first-order valence-corrected chi connectivity index (χ1v) is 5.34. The summed E-state index contributed by atoms with van der Waals surface area (Å²) in [4.78, 5) is 11.9. The Morgan fingerprint density at radius 1 is 1.44 bits per heavy atom. The number of carbonyl (C=O) groups excluding carboxylic acids is 1. The van der Waals surface area contributed by atoms with E-state index in [0.29, 0.717) is 5.56 Å². The molecule has 0 aliphatic rings. The summed E-state index contributed by atoms with van der Waals surface area (Å²) in [6.07, 6.45) is 0. The molecule has 0 fully saturated rings. The van der Waals surface area contributed by atoms with E-state index in [1.165, 1.54) is 6.07 Å². The number of carbonyl (C=O) groups is 1. The minimum absolute atomic E-state index is 0.135. The van der Waals surface area contributed by atoms with Crippen LogP contribution in [-0.4, -0.2) is 22.5 Å². The zero-order chi connectivity index (χ0) is 13.9. The Labute approximate surface area is 104 Å². The summed E-state index contributed by atoms with van der Waals surface area (Å²) in [5.41, 5.74) is 5.25. The van der Waals surface area contributed by atoms with Crippen LogP contribution >= 0.6 is 0 Å². The zero-order valence-electron chi connectivity index (χ0n) is 10.5. The van der Waals surface area contributed by atoms with Gasteiger partial charge in [0.25, 0.3) is 5.91 Å². The Kier molecular flexibility index (Phi) is 3.90. The molecule has 0 radical (unpaired) electrons. The van der Waals surface area contributed by atoms with E-state index >= 15 is 0 Å². The van der Waals surface area contributed by atoms with Gasteiger partial charge in [0.1, 0.15) is 5.82 Å². The first-order chi connectivity index (χ1) is 8.26. The van der Waals surface area contributed by atoms with Gasteiger partial charge in [-0.1, -0.05) is 5.16 Å². The number of benzene rings is 1. The number of nitrogens with one attached hydrogen (secondary N) is 1. The molecule has 18 heavy (non-hydrogen) atoms. The van der Waals surface area contributed by atoms with Crippen molar-refractivity contribution in [3.05, 3.63) is 35.1 Å². The van der Waals surface area contributed by atoms with Crippen molar-refractivity contribution in [2.45, 2.75) is 26.3 Å². The molecule has 0 saturated carbocycles. The van der Waals surface area contributed by atoms with Crippen LogP contribution in [0, 0.1) is 12.7 Å². The van der Waals surface area contributed by atoms with Gasteiger partial charge in [0, 0.05) is 5.56 Å². The average Bonchev–Trinajstić information content (AvgIpc) is 2.25. The Morgan fingerprint density at radius 3 is 2.56 bits per heavy atom. The standard InChI is InChI=1S/C12H16FN3O2/c1-7-4-8(6-9(13)5-7)10(17)15-12(2,3)11(14)16-18/h4-6,18H,1-3H3,(H2,14,16)(H,15,17). The lowest BCUT2D eigenvalue weighted by Gasteiger charge is -2.24. The lowest BCUT2D eigenvalue weighted by Crippen LogP contribution is -2.53. The molecular weight excluding hydrogens is 237 g/mol. The summed E-state index contributed by atoms with van der Waals surface area (Å²) in [6.45, 7) is 4.84. The fourth-order valence-electron chi connectivity index (χ4n) is 1.41. The third-order valence-electron chi connectivity index (χ3n) is 2.48. The van der Waals surface area contributed by atoms with Gasteiger partial charge in [-0.25, -0.2) is 4.39 Å². The molecule has 5 nitrogen and oxygen atoms in total. The van der Waals surface area contributed by atoms with E-state index in [-0.39, 0.29) is 11.4 Å². The van der Waals surface area contributed by atoms with Crippen molar-refractivity contribution < 1.29 is 14.4 Å². The van der Waals surface area contributed by atoms with E-state index in [0.717, 1.165) is 6.07 Å². The van der Waals surface area contributed by atoms with E-state index in [9.17, 15) is 9.18 Å². The molecule has 0 aliphatic heterocycles. The maximum atomic E-state index is 13.2. The summed E-state index contributed by atoms with van der Waals surface area (Å²) in [6, 6.07) is 4.01. The van der Waals surface area contributed by atoms with Crippen molar-refractivity contribution in [3.63, 3.8) is 0 Å². The summed E-state index contributed by atoms with van der Waals surface area (Å²) in [5.74, 6) is -1.11. The highest BCUT2D eigenvalue weighted by Crippen LogP contribution is 2.10. The topological polar surface area (TPSA) is 87.7 Å². The smallest absolute Gasteiger partial charge is 0.252 e. The van der Waals surface area contributed by atoms with Crippen LogP contribution in [0.3, 0.4) is 0 Å². The van der Waals surface area contributed by atoms with Gasteiger partial charge in [-0.15, -0.1) is 0 Å². The molecule has 0 saturated heterocycles. The number of halogens is 1. The minimum Gasteiger partial charge on any atom is -0.409 e. The van der Waals surface area contributed by atoms with Crippen molar-refractivity contribution >= 4 is 11.7 Å². The maximum absolute atomic E-state index is 13.2. The first-order valence-electron chi connectivity index (χ1n) is 5.34. The Balaban J connectivity index is 2.95. The van der Waals surface area contributed by atoms with Crippen molar-refractivity contribution in [2.75, 3.05) is 0 Å². The van der Waals surface area contributed by atoms with E-state index in [1.54, 1.807) is 26.8 Å². The second-order valence-electron chi connectivity index (χ2n) is 4.58. The molecule has 0 unspecified atom stereocenters. The van der Waals surface area contributed by atoms with Gasteiger partial charge in [0.2, 0.25) is 0 Å². The van der Waals surface area contributed by atoms with Crippen molar-refractivity contribution in [2.24, 2.45) is 10.9 Å². The minimum atomic E-state index is -1.02. The second-order valence-corrected chi connectivity index (χ2v) is 4.58. The highest BCUT2D eigenvalue weighted by atomic mass is 19.1. The molecule has 6 heteroatoms. The van der Waals surface area contributed by atoms with Crippen molar-refractivity contribution in [1.29, 1.82) is 0 Å². The van der Waals surface area contributed by atoms with Gasteiger partial charge in [-0.3, -0.25) is 4.79 Å². The zero-order valence-corrected chi connectivity index (χ0v) is 10.5. The normalized spacial score (nSPS) is 12.3. The number of nitrogens with two attached hydrogens (primary N) is 1. The predicted molar refractivity (Wildman–Crippen MR) is 66.1 cm³/mol. The molecule has 0 spiro atoms. The monoisotopic (exact) mass is 253 g/mol. The molecule has 0 atom stereocenters. The number of amides is 1. The third-order valence-corrected chi connectivity index (χ3v) is 2.48. The molecule has 1 amide bonds. The number of hydrogen-bond acceptors (Lipinski definition) is 3. The third kappa shape index (κ3) is 3.19. The second kappa shape index (κ2) is 5.03. The van der Waals surface area contributed by atoms with Gasteiger partial charge >= 0.3 is 0 Å². The summed E-state index contributed by atoms with van der Waals surface area (Å²) in [5, 5.41) is 14.0. The van der Waals surface area contributed by atoms with Crippen molar-refractivity contribution in [3.8, 4) is 0 Å². The Morgan fingerprint density at radius 2 is 2.06 bits per heavy atom. The summed E-state index contributed by atoms with van der Waals surface area (Å²) >= 11 is 0. The van der Waals surface area contributed by atoms with Crippen LogP contribution in [0.5, 0.6) is 0 Å². The lowest BCUT2D eigenvalue weighted by molar-refractivity contribution is 0.0930.